The fourth-order valence-corrected chi connectivity index (χ4v) is 6.34. The number of benzene rings is 3. The topological polar surface area (TPSA) is 103 Å². The van der Waals surface area contributed by atoms with Gasteiger partial charge in [-0.3, -0.25) is 23.9 Å². The zero-order chi connectivity index (χ0) is 29.6. The summed E-state index contributed by atoms with van der Waals surface area (Å²) >= 11 is 7.84. The zero-order valence-electron chi connectivity index (χ0n) is 22.7. The van der Waals surface area contributed by atoms with Gasteiger partial charge in [-0.15, -0.1) is 0 Å². The zero-order valence-corrected chi connectivity index (χ0v) is 25.2. The van der Waals surface area contributed by atoms with Crippen molar-refractivity contribution in [2.45, 2.75) is 11.6 Å². The summed E-state index contributed by atoms with van der Waals surface area (Å²) in [6.45, 7) is 0.123. The highest BCUT2D eigenvalue weighted by atomic mass is 32.2. The molecule has 2 amide bonds. The van der Waals surface area contributed by atoms with Gasteiger partial charge in [0.1, 0.15) is 15.8 Å². The van der Waals surface area contributed by atoms with E-state index in [-0.39, 0.29) is 36.4 Å². The van der Waals surface area contributed by atoms with Gasteiger partial charge in [-0.2, -0.15) is 0 Å². The Balaban J connectivity index is 1.26. The van der Waals surface area contributed by atoms with E-state index in [0.717, 1.165) is 11.3 Å². The van der Waals surface area contributed by atoms with Crippen molar-refractivity contribution in [3.63, 3.8) is 0 Å². The Bertz CT molecular complexity index is 1680. The lowest BCUT2D eigenvalue weighted by atomic mass is 10.2. The number of aromatic nitrogens is 2. The third-order valence-corrected chi connectivity index (χ3v) is 8.64. The molecular weight excluding hydrogens is 593 g/mol. The molecule has 0 bridgehead atoms. The van der Waals surface area contributed by atoms with E-state index in [9.17, 15) is 14.4 Å². The van der Waals surface area contributed by atoms with Gasteiger partial charge < -0.3 is 14.8 Å². The van der Waals surface area contributed by atoms with Gasteiger partial charge in [-0.1, -0.05) is 60.0 Å². The highest BCUT2D eigenvalue weighted by molar-refractivity contribution is 8.26. The number of thiocarbonyl (C=S) groups is 1. The van der Waals surface area contributed by atoms with Crippen LogP contribution in [-0.4, -0.2) is 63.0 Å². The summed E-state index contributed by atoms with van der Waals surface area (Å²) in [6, 6.07) is 21.6. The number of rotatable bonds is 10. The first-order chi connectivity index (χ1) is 20.4. The second-order valence-electron chi connectivity index (χ2n) is 9.03. The van der Waals surface area contributed by atoms with Crippen LogP contribution >= 0.6 is 35.7 Å². The molecule has 1 aromatic heterocycles. The van der Waals surface area contributed by atoms with Crippen LogP contribution in [0.2, 0.25) is 0 Å². The number of thioether (sulfide) groups is 2. The number of nitrogens with one attached hydrogen (secondary N) is 1. The lowest BCUT2D eigenvalue weighted by Gasteiger charge is -2.15. The number of anilines is 1. The SMILES string of the molecule is COc1ccc(/C=C2\SC(=S)N(CCC(=O)n3c(SCC(=O)Nc4ccc(OC)cc4)nc4ccccc43)C2=O)cc1. The monoisotopic (exact) mass is 618 g/mol. The Labute approximate surface area is 256 Å². The molecule has 0 spiro atoms. The van der Waals surface area contributed by atoms with Crippen molar-refractivity contribution in [3.05, 3.63) is 83.3 Å². The number of amides is 2. The van der Waals surface area contributed by atoms with E-state index in [0.29, 0.717) is 36.9 Å². The van der Waals surface area contributed by atoms with Crippen molar-refractivity contribution >= 4 is 80.6 Å². The van der Waals surface area contributed by atoms with Crippen molar-refractivity contribution in [1.82, 2.24) is 14.5 Å². The first-order valence-corrected chi connectivity index (χ1v) is 15.0. The molecule has 1 N–H and O–H groups in total. The molecule has 1 aliphatic rings. The number of nitrogens with zero attached hydrogens (tertiary/aromatic N) is 3. The molecule has 0 aliphatic carbocycles. The largest absolute Gasteiger partial charge is 0.497 e. The standard InChI is InChI=1S/C30H26N4O5S3/c1-38-21-11-7-19(8-12-21)17-25-28(37)33(30(40)42-25)16-15-27(36)34-24-6-4-3-5-23(24)32-29(34)41-18-26(35)31-20-9-13-22(39-2)14-10-20/h3-14,17H,15-16,18H2,1-2H3,(H,31,35)/b25-17-. The van der Waals surface area contributed by atoms with E-state index in [1.54, 1.807) is 50.6 Å². The van der Waals surface area contributed by atoms with E-state index in [2.05, 4.69) is 10.3 Å². The number of para-hydroxylation sites is 2. The molecule has 12 heteroatoms. The van der Waals surface area contributed by atoms with Crippen LogP contribution in [0, 0.1) is 0 Å². The number of hydrogen-bond acceptors (Lipinski definition) is 9. The second-order valence-corrected chi connectivity index (χ2v) is 11.7. The van der Waals surface area contributed by atoms with Gasteiger partial charge in [-0.25, -0.2) is 4.98 Å². The maximum absolute atomic E-state index is 13.5. The summed E-state index contributed by atoms with van der Waals surface area (Å²) in [5.41, 5.74) is 2.74. The summed E-state index contributed by atoms with van der Waals surface area (Å²) < 4.78 is 12.2. The van der Waals surface area contributed by atoms with Crippen LogP contribution in [-0.2, 0) is 9.59 Å². The predicted molar refractivity (Wildman–Crippen MR) is 170 cm³/mol. The third kappa shape index (κ3) is 6.67. The number of fused-ring (bicyclic) bond motifs is 1. The summed E-state index contributed by atoms with van der Waals surface area (Å²) in [7, 11) is 3.17. The molecule has 0 saturated carbocycles. The van der Waals surface area contributed by atoms with E-state index in [4.69, 9.17) is 21.7 Å². The van der Waals surface area contributed by atoms with Crippen LogP contribution in [0.5, 0.6) is 11.5 Å². The lowest BCUT2D eigenvalue weighted by molar-refractivity contribution is -0.122. The van der Waals surface area contributed by atoms with Gasteiger partial charge in [0, 0.05) is 18.7 Å². The Morgan fingerprint density at radius 2 is 1.67 bits per heavy atom. The fourth-order valence-electron chi connectivity index (χ4n) is 4.21. The average Bonchev–Trinajstić information content (AvgIpc) is 3.51. The van der Waals surface area contributed by atoms with E-state index < -0.39 is 0 Å². The molecule has 1 fully saturated rings. The quantitative estimate of drug-likeness (QED) is 0.136. The number of ether oxygens (including phenoxy) is 2. The first-order valence-electron chi connectivity index (χ1n) is 12.8. The van der Waals surface area contributed by atoms with Crippen LogP contribution < -0.4 is 14.8 Å². The molecule has 0 atom stereocenters. The number of methoxy groups -OCH3 is 2. The van der Waals surface area contributed by atoms with Crippen LogP contribution in [0.3, 0.4) is 0 Å². The minimum absolute atomic E-state index is 0.0220. The Hall–Kier alpha value is -4.13. The number of hydrogen-bond donors (Lipinski definition) is 1. The van der Waals surface area contributed by atoms with Crippen molar-refractivity contribution in [1.29, 1.82) is 0 Å². The molecule has 2 heterocycles. The molecular formula is C30H26N4O5S3. The average molecular weight is 619 g/mol. The minimum Gasteiger partial charge on any atom is -0.497 e. The van der Waals surface area contributed by atoms with Crippen molar-refractivity contribution in [3.8, 4) is 11.5 Å². The van der Waals surface area contributed by atoms with E-state index in [1.807, 2.05) is 42.5 Å². The Morgan fingerprint density at radius 1 is 1.00 bits per heavy atom. The highest BCUT2D eigenvalue weighted by Crippen LogP contribution is 2.33. The molecule has 214 valence electrons. The van der Waals surface area contributed by atoms with Crippen LogP contribution in [0.15, 0.2) is 82.9 Å². The van der Waals surface area contributed by atoms with Crippen molar-refractivity contribution in [2.75, 3.05) is 31.8 Å². The molecule has 42 heavy (non-hydrogen) atoms. The second kappa shape index (κ2) is 13.2. The van der Waals surface area contributed by atoms with Gasteiger partial charge in [0.05, 0.1) is 35.9 Å². The first kappa shape index (κ1) is 29.4. The van der Waals surface area contributed by atoms with Crippen molar-refractivity contribution < 1.29 is 23.9 Å². The van der Waals surface area contributed by atoms with E-state index in [1.165, 1.54) is 33.0 Å². The van der Waals surface area contributed by atoms with Gasteiger partial charge in [-0.05, 0) is 60.2 Å². The molecule has 1 aliphatic heterocycles. The fraction of sp³-hybridized carbons (Fsp3) is 0.167. The van der Waals surface area contributed by atoms with Crippen LogP contribution in [0.1, 0.15) is 16.8 Å². The highest BCUT2D eigenvalue weighted by Gasteiger charge is 2.32. The molecule has 0 radical (unpaired) electrons. The number of imidazole rings is 1. The third-order valence-electron chi connectivity index (χ3n) is 6.32. The summed E-state index contributed by atoms with van der Waals surface area (Å²) in [4.78, 5) is 45.8. The number of carbonyl (C=O) groups excluding carboxylic acids is 3. The minimum atomic E-state index is -0.255. The van der Waals surface area contributed by atoms with E-state index >= 15 is 0 Å². The van der Waals surface area contributed by atoms with Gasteiger partial charge in [0.25, 0.3) is 5.91 Å². The van der Waals surface area contributed by atoms with Gasteiger partial charge >= 0.3 is 0 Å². The summed E-state index contributed by atoms with van der Waals surface area (Å²) in [6.07, 6.45) is 1.80. The Kier molecular flexibility index (Phi) is 9.25. The van der Waals surface area contributed by atoms with Crippen LogP contribution in [0.25, 0.3) is 17.1 Å². The summed E-state index contributed by atoms with van der Waals surface area (Å²) in [5, 5.41) is 3.23. The molecule has 1 saturated heterocycles. The Morgan fingerprint density at radius 3 is 2.36 bits per heavy atom. The number of carbonyl (C=O) groups is 3. The molecule has 5 rings (SSSR count). The van der Waals surface area contributed by atoms with Crippen LogP contribution in [0.4, 0.5) is 5.69 Å². The maximum Gasteiger partial charge on any atom is 0.266 e. The molecule has 0 unspecified atom stereocenters. The smallest absolute Gasteiger partial charge is 0.266 e. The van der Waals surface area contributed by atoms with Gasteiger partial charge in [0.2, 0.25) is 11.8 Å². The van der Waals surface area contributed by atoms with Crippen molar-refractivity contribution in [2.24, 2.45) is 0 Å². The maximum atomic E-state index is 13.5. The molecule has 4 aromatic rings. The predicted octanol–water partition coefficient (Wildman–Crippen LogP) is 5.72. The van der Waals surface area contributed by atoms with Gasteiger partial charge in [0.15, 0.2) is 5.16 Å². The summed E-state index contributed by atoms with van der Waals surface area (Å²) in [5.74, 6) is 0.726. The normalized spacial score (nSPS) is 14.0. The molecule has 3 aromatic carbocycles. The molecule has 9 nitrogen and oxygen atoms in total. The lowest BCUT2D eigenvalue weighted by Crippen LogP contribution is -2.31.